The molecule has 3 N–H and O–H groups in total. The van der Waals surface area contributed by atoms with Gasteiger partial charge in [-0.1, -0.05) is 11.8 Å². The van der Waals surface area contributed by atoms with Crippen molar-refractivity contribution >= 4 is 22.9 Å². The van der Waals surface area contributed by atoms with Crippen LogP contribution in [0.25, 0.3) is 0 Å². The van der Waals surface area contributed by atoms with Crippen LogP contribution in [0.3, 0.4) is 0 Å². The smallest absolute Gasteiger partial charge is 0.283 e. The molecule has 5 heteroatoms. The molecule has 0 saturated heterocycles. The zero-order chi connectivity index (χ0) is 7.56. The molecule has 0 aromatic heterocycles. The Labute approximate surface area is 61.8 Å². The summed E-state index contributed by atoms with van der Waals surface area (Å²) in [5.74, 6) is -0.103. The van der Waals surface area contributed by atoms with E-state index in [1.54, 1.807) is 0 Å². The fourth-order valence-corrected chi connectivity index (χ4v) is 1.17. The van der Waals surface area contributed by atoms with Crippen molar-refractivity contribution in [2.24, 2.45) is 5.73 Å². The van der Waals surface area contributed by atoms with Crippen molar-refractivity contribution in [3.05, 3.63) is 11.8 Å². The normalized spacial score (nSPS) is 17.6. The number of hydrogen-bond donors (Lipinski definition) is 2. The van der Waals surface area contributed by atoms with Gasteiger partial charge in [-0.3, -0.25) is 9.59 Å². The number of primary amides is 1. The standard InChI is InChI=1S/C5H6N2O2S/c6-4(8)3-1-7-5(9)10-2-3/h1H,2H2,(H2,6,8)(H,7,9). The highest BCUT2D eigenvalue weighted by molar-refractivity contribution is 8.13. The van der Waals surface area contributed by atoms with E-state index in [0.717, 1.165) is 11.8 Å². The van der Waals surface area contributed by atoms with Gasteiger partial charge in [0.2, 0.25) is 5.91 Å². The summed E-state index contributed by atoms with van der Waals surface area (Å²) in [7, 11) is 0. The highest BCUT2D eigenvalue weighted by Gasteiger charge is 2.13. The van der Waals surface area contributed by atoms with E-state index in [9.17, 15) is 9.59 Å². The van der Waals surface area contributed by atoms with E-state index in [2.05, 4.69) is 5.32 Å². The summed E-state index contributed by atoms with van der Waals surface area (Å²) in [5, 5.41) is 2.23. The average Bonchev–Trinajstić information content (AvgIpc) is 1.88. The Balaban J connectivity index is 2.65. The maximum absolute atomic E-state index is 10.5. The van der Waals surface area contributed by atoms with Gasteiger partial charge in [0.05, 0.1) is 0 Å². The van der Waals surface area contributed by atoms with Crippen LogP contribution in [-0.4, -0.2) is 16.9 Å². The summed E-state index contributed by atoms with van der Waals surface area (Å²) in [6.07, 6.45) is 1.35. The quantitative estimate of drug-likeness (QED) is 0.555. The molecule has 0 fully saturated rings. The third-order valence-electron chi connectivity index (χ3n) is 1.04. The van der Waals surface area contributed by atoms with Crippen LogP contribution >= 0.6 is 11.8 Å². The van der Waals surface area contributed by atoms with Gasteiger partial charge in [-0.25, -0.2) is 0 Å². The van der Waals surface area contributed by atoms with Crippen molar-refractivity contribution in [2.45, 2.75) is 0 Å². The summed E-state index contributed by atoms with van der Waals surface area (Å²) in [6, 6.07) is 0. The first-order chi connectivity index (χ1) is 4.70. The molecule has 1 rings (SSSR count). The molecule has 0 unspecified atom stereocenters. The third-order valence-corrected chi connectivity index (χ3v) is 1.87. The molecule has 0 saturated carbocycles. The van der Waals surface area contributed by atoms with Crippen LogP contribution in [0.2, 0.25) is 0 Å². The van der Waals surface area contributed by atoms with Crippen LogP contribution in [0.15, 0.2) is 11.8 Å². The van der Waals surface area contributed by atoms with E-state index in [1.807, 2.05) is 0 Å². The Bertz CT molecular complexity index is 212. The van der Waals surface area contributed by atoms with Crippen LogP contribution in [0.1, 0.15) is 0 Å². The lowest BCUT2D eigenvalue weighted by molar-refractivity contribution is -0.114. The van der Waals surface area contributed by atoms with E-state index < -0.39 is 5.91 Å². The predicted molar refractivity (Wildman–Crippen MR) is 38.3 cm³/mol. The third kappa shape index (κ3) is 1.51. The van der Waals surface area contributed by atoms with Gasteiger partial charge < -0.3 is 11.1 Å². The van der Waals surface area contributed by atoms with Crippen LogP contribution in [0.4, 0.5) is 4.79 Å². The molecule has 0 aromatic rings. The summed E-state index contributed by atoms with van der Waals surface area (Å²) in [6.45, 7) is 0. The molecule has 1 aliphatic rings. The SMILES string of the molecule is NC(=O)C1=CNC(=O)SC1. The first-order valence-electron chi connectivity index (χ1n) is 2.62. The zero-order valence-electron chi connectivity index (χ0n) is 5.09. The lowest BCUT2D eigenvalue weighted by Crippen LogP contribution is -2.25. The summed E-state index contributed by atoms with van der Waals surface area (Å²) in [4.78, 5) is 20.9. The Morgan fingerprint density at radius 2 is 2.50 bits per heavy atom. The van der Waals surface area contributed by atoms with Gasteiger partial charge in [0.1, 0.15) is 0 Å². The number of carbonyl (C=O) groups is 2. The maximum atomic E-state index is 10.5. The number of thioether (sulfide) groups is 1. The second-order valence-electron chi connectivity index (χ2n) is 1.75. The number of amides is 2. The highest BCUT2D eigenvalue weighted by atomic mass is 32.2. The van der Waals surface area contributed by atoms with E-state index in [0.29, 0.717) is 11.3 Å². The Morgan fingerprint density at radius 1 is 1.80 bits per heavy atom. The minimum Gasteiger partial charge on any atom is -0.366 e. The molecular weight excluding hydrogens is 152 g/mol. The molecule has 0 aliphatic carbocycles. The molecule has 0 atom stereocenters. The first kappa shape index (κ1) is 7.14. The lowest BCUT2D eigenvalue weighted by Gasteiger charge is -2.08. The van der Waals surface area contributed by atoms with Gasteiger partial charge in [0.25, 0.3) is 5.24 Å². The van der Waals surface area contributed by atoms with Gasteiger partial charge in [-0.05, 0) is 0 Å². The van der Waals surface area contributed by atoms with E-state index in [4.69, 9.17) is 5.73 Å². The van der Waals surface area contributed by atoms with Crippen LogP contribution in [-0.2, 0) is 4.79 Å². The first-order valence-corrected chi connectivity index (χ1v) is 3.61. The fraction of sp³-hybridized carbons (Fsp3) is 0.200. The number of hydrogen-bond acceptors (Lipinski definition) is 3. The number of nitrogens with one attached hydrogen (secondary N) is 1. The number of carbonyl (C=O) groups excluding carboxylic acids is 2. The van der Waals surface area contributed by atoms with Crippen molar-refractivity contribution in [1.29, 1.82) is 0 Å². The van der Waals surface area contributed by atoms with Crippen molar-refractivity contribution in [3.63, 3.8) is 0 Å². The van der Waals surface area contributed by atoms with Crippen molar-refractivity contribution in [3.8, 4) is 0 Å². The Kier molecular flexibility index (Phi) is 1.96. The molecule has 0 bridgehead atoms. The minimum absolute atomic E-state index is 0.148. The van der Waals surface area contributed by atoms with Gasteiger partial charge in [0, 0.05) is 17.5 Å². The van der Waals surface area contributed by atoms with Crippen LogP contribution in [0.5, 0.6) is 0 Å². The molecule has 1 heterocycles. The summed E-state index contributed by atoms with van der Waals surface area (Å²) in [5.41, 5.74) is 5.39. The second-order valence-corrected chi connectivity index (χ2v) is 2.70. The van der Waals surface area contributed by atoms with E-state index >= 15 is 0 Å². The zero-order valence-corrected chi connectivity index (χ0v) is 5.90. The topological polar surface area (TPSA) is 72.2 Å². The molecule has 10 heavy (non-hydrogen) atoms. The minimum atomic E-state index is -0.479. The predicted octanol–water partition coefficient (Wildman–Crippen LogP) is -0.188. The molecule has 54 valence electrons. The monoisotopic (exact) mass is 158 g/mol. The molecule has 1 aliphatic heterocycles. The molecule has 2 amide bonds. The summed E-state index contributed by atoms with van der Waals surface area (Å²) < 4.78 is 0. The largest absolute Gasteiger partial charge is 0.366 e. The molecule has 4 nitrogen and oxygen atoms in total. The van der Waals surface area contributed by atoms with Gasteiger partial charge >= 0.3 is 0 Å². The number of rotatable bonds is 1. The van der Waals surface area contributed by atoms with Crippen molar-refractivity contribution < 1.29 is 9.59 Å². The van der Waals surface area contributed by atoms with E-state index in [-0.39, 0.29) is 5.24 Å². The van der Waals surface area contributed by atoms with Gasteiger partial charge in [-0.15, -0.1) is 0 Å². The average molecular weight is 158 g/mol. The molecule has 0 aromatic carbocycles. The van der Waals surface area contributed by atoms with Gasteiger partial charge in [-0.2, -0.15) is 0 Å². The van der Waals surface area contributed by atoms with Crippen molar-refractivity contribution in [1.82, 2.24) is 5.32 Å². The Morgan fingerprint density at radius 3 is 2.90 bits per heavy atom. The van der Waals surface area contributed by atoms with Gasteiger partial charge in [0.15, 0.2) is 0 Å². The summed E-state index contributed by atoms with van der Waals surface area (Å²) >= 11 is 1.04. The second kappa shape index (κ2) is 2.74. The maximum Gasteiger partial charge on any atom is 0.283 e. The lowest BCUT2D eigenvalue weighted by atomic mass is 10.3. The van der Waals surface area contributed by atoms with Crippen LogP contribution in [0, 0.1) is 0 Å². The molecule has 0 spiro atoms. The molecule has 0 radical (unpaired) electrons. The van der Waals surface area contributed by atoms with Crippen LogP contribution < -0.4 is 11.1 Å². The molecular formula is C5H6N2O2S. The highest BCUT2D eigenvalue weighted by Crippen LogP contribution is 2.12. The fourth-order valence-electron chi connectivity index (χ4n) is 0.515. The van der Waals surface area contributed by atoms with Crippen molar-refractivity contribution in [2.75, 3.05) is 5.75 Å². The Hall–Kier alpha value is -0.970. The van der Waals surface area contributed by atoms with E-state index in [1.165, 1.54) is 6.20 Å². The number of nitrogens with two attached hydrogens (primary N) is 1.